The number of carboxylic acid groups (broad SMARTS) is 1. The molecule has 1 aromatic heterocycles. The third kappa shape index (κ3) is 4.75. The lowest BCUT2D eigenvalue weighted by Gasteiger charge is -2.22. The largest absolute Gasteiger partial charge is 0.475 e. The Bertz CT molecular complexity index is 774. The van der Waals surface area contributed by atoms with Crippen molar-refractivity contribution in [2.75, 3.05) is 13.1 Å². The van der Waals surface area contributed by atoms with Gasteiger partial charge in [-0.3, -0.25) is 4.79 Å². The number of alkyl halides is 3. The number of amides is 1. The summed E-state index contributed by atoms with van der Waals surface area (Å²) in [5, 5.41) is 10.5. The topological polar surface area (TPSA) is 117 Å². The Morgan fingerprint density at radius 2 is 2.04 bits per heavy atom. The fourth-order valence-electron chi connectivity index (χ4n) is 2.60. The second-order valence-electron chi connectivity index (χ2n) is 5.71. The van der Waals surface area contributed by atoms with Gasteiger partial charge in [0.1, 0.15) is 6.04 Å². The van der Waals surface area contributed by atoms with Crippen molar-refractivity contribution in [2.45, 2.75) is 43.0 Å². The molecular weight excluding hydrogens is 381 g/mol. The zero-order valence-corrected chi connectivity index (χ0v) is 14.3. The van der Waals surface area contributed by atoms with Crippen LogP contribution in [0.25, 0.3) is 0 Å². The van der Waals surface area contributed by atoms with E-state index in [0.29, 0.717) is 6.42 Å². The first kappa shape index (κ1) is 20.2. The number of hydrogen-bond acceptors (Lipinski definition) is 5. The number of carbonyl (C=O) groups excluding carboxylic acids is 1. The van der Waals surface area contributed by atoms with Gasteiger partial charge >= 0.3 is 12.1 Å². The maximum atomic E-state index is 12.6. The maximum Gasteiger partial charge on any atom is 0.389 e. The van der Waals surface area contributed by atoms with E-state index in [0.717, 1.165) is 16.4 Å². The summed E-state index contributed by atoms with van der Waals surface area (Å²) in [6.45, 7) is -0.210. The minimum Gasteiger partial charge on any atom is -0.475 e. The van der Waals surface area contributed by atoms with Gasteiger partial charge in [0, 0.05) is 19.5 Å². The van der Waals surface area contributed by atoms with Crippen LogP contribution in [-0.4, -0.2) is 55.0 Å². The van der Waals surface area contributed by atoms with Gasteiger partial charge in [-0.05, 0) is 31.4 Å². The highest BCUT2D eigenvalue weighted by Crippen LogP contribution is 2.27. The van der Waals surface area contributed by atoms with E-state index < -0.39 is 51.4 Å². The van der Waals surface area contributed by atoms with E-state index in [1.54, 1.807) is 0 Å². The molecule has 1 saturated heterocycles. The van der Waals surface area contributed by atoms with Gasteiger partial charge in [0.2, 0.25) is 16.8 Å². The number of halogens is 3. The minimum absolute atomic E-state index is 0.0199. The summed E-state index contributed by atoms with van der Waals surface area (Å²) in [5.74, 6) is -2.69. The van der Waals surface area contributed by atoms with E-state index in [9.17, 15) is 31.2 Å². The van der Waals surface area contributed by atoms with Crippen LogP contribution >= 0.6 is 0 Å². The summed E-state index contributed by atoms with van der Waals surface area (Å²) in [7, 11) is -4.24. The van der Waals surface area contributed by atoms with Crippen molar-refractivity contribution >= 4 is 21.9 Å². The summed E-state index contributed by atoms with van der Waals surface area (Å²) >= 11 is 0. The summed E-state index contributed by atoms with van der Waals surface area (Å²) in [6, 6.07) is 0.886. The molecule has 1 aliphatic heterocycles. The normalized spacial score (nSPS) is 18.8. The van der Waals surface area contributed by atoms with Crippen molar-refractivity contribution in [3.8, 4) is 0 Å². The van der Waals surface area contributed by atoms with E-state index in [4.69, 9.17) is 9.52 Å². The summed E-state index contributed by atoms with van der Waals surface area (Å²) in [6.07, 6.45) is -5.10. The first-order valence-corrected chi connectivity index (χ1v) is 9.16. The quantitative estimate of drug-likeness (QED) is 0.674. The average molecular weight is 398 g/mol. The predicted octanol–water partition coefficient (Wildman–Crippen LogP) is 1.59. The Kier molecular flexibility index (Phi) is 5.96. The zero-order valence-electron chi connectivity index (χ0n) is 13.5. The number of furan rings is 1. The van der Waals surface area contributed by atoms with Crippen LogP contribution in [0.15, 0.2) is 21.6 Å². The van der Waals surface area contributed by atoms with Gasteiger partial charge in [0.25, 0.3) is 10.0 Å². The van der Waals surface area contributed by atoms with Gasteiger partial charge < -0.3 is 14.8 Å². The van der Waals surface area contributed by atoms with E-state index in [1.165, 1.54) is 0 Å². The highest BCUT2D eigenvalue weighted by atomic mass is 32.2. The molecule has 26 heavy (non-hydrogen) atoms. The molecule has 0 aromatic carbocycles. The molecule has 0 radical (unpaired) electrons. The molecule has 1 aliphatic rings. The molecule has 1 unspecified atom stereocenters. The van der Waals surface area contributed by atoms with Crippen molar-refractivity contribution in [2.24, 2.45) is 0 Å². The lowest BCUT2D eigenvalue weighted by molar-refractivity contribution is -0.136. The number of aromatic carboxylic acids is 1. The average Bonchev–Trinajstić information content (AvgIpc) is 3.19. The summed E-state index contributed by atoms with van der Waals surface area (Å²) in [4.78, 5) is 23.0. The molecule has 2 N–H and O–H groups in total. The Morgan fingerprint density at radius 1 is 1.35 bits per heavy atom. The van der Waals surface area contributed by atoms with Crippen LogP contribution in [0.3, 0.4) is 0 Å². The second-order valence-corrected chi connectivity index (χ2v) is 7.53. The number of rotatable bonds is 7. The molecule has 0 aliphatic carbocycles. The monoisotopic (exact) mass is 398 g/mol. The van der Waals surface area contributed by atoms with Crippen LogP contribution in [0.1, 0.15) is 36.2 Å². The molecule has 0 spiro atoms. The van der Waals surface area contributed by atoms with Crippen LogP contribution < -0.4 is 5.32 Å². The summed E-state index contributed by atoms with van der Waals surface area (Å²) in [5.41, 5.74) is 0. The zero-order chi connectivity index (χ0) is 19.5. The first-order chi connectivity index (χ1) is 12.0. The molecule has 0 bridgehead atoms. The van der Waals surface area contributed by atoms with Crippen LogP contribution in [0.5, 0.6) is 0 Å². The molecule has 2 rings (SSSR count). The number of carbonyl (C=O) groups is 2. The number of hydrogen-bond donors (Lipinski definition) is 2. The molecule has 1 amide bonds. The predicted molar refractivity (Wildman–Crippen MR) is 80.9 cm³/mol. The van der Waals surface area contributed by atoms with E-state index >= 15 is 0 Å². The lowest BCUT2D eigenvalue weighted by atomic mass is 10.2. The summed E-state index contributed by atoms with van der Waals surface area (Å²) < 4.78 is 67.1. The Hall–Kier alpha value is -2.08. The molecule has 1 aromatic rings. The Morgan fingerprint density at radius 3 is 2.62 bits per heavy atom. The number of carboxylic acids is 1. The van der Waals surface area contributed by atoms with Crippen molar-refractivity contribution in [1.82, 2.24) is 9.62 Å². The third-order valence-electron chi connectivity index (χ3n) is 3.80. The van der Waals surface area contributed by atoms with Gasteiger partial charge in [0.15, 0.2) is 0 Å². The van der Waals surface area contributed by atoms with E-state index in [-0.39, 0.29) is 25.9 Å². The van der Waals surface area contributed by atoms with Gasteiger partial charge in [-0.15, -0.1) is 0 Å². The number of sulfonamides is 1. The Balaban J connectivity index is 2.03. The van der Waals surface area contributed by atoms with E-state index in [2.05, 4.69) is 5.32 Å². The van der Waals surface area contributed by atoms with Gasteiger partial charge in [-0.25, -0.2) is 13.2 Å². The van der Waals surface area contributed by atoms with Crippen molar-refractivity contribution in [3.63, 3.8) is 0 Å². The minimum atomic E-state index is -4.32. The fourth-order valence-corrected chi connectivity index (χ4v) is 4.17. The molecule has 12 heteroatoms. The SMILES string of the molecule is O=C(O)c1ccc(S(=O)(=O)N2CCCC2C(=O)NCCCC(F)(F)F)o1. The lowest BCUT2D eigenvalue weighted by Crippen LogP contribution is -2.46. The second kappa shape index (κ2) is 7.66. The molecular formula is C14H17F3N2O6S. The third-order valence-corrected chi connectivity index (χ3v) is 5.58. The molecule has 1 fully saturated rings. The molecule has 0 saturated carbocycles. The Labute approximate surface area is 147 Å². The molecule has 2 heterocycles. The molecule has 1 atom stereocenters. The first-order valence-electron chi connectivity index (χ1n) is 7.72. The van der Waals surface area contributed by atoms with Gasteiger partial charge in [-0.2, -0.15) is 17.5 Å². The number of nitrogens with one attached hydrogen (secondary N) is 1. The standard InChI is InChI=1S/C14H17F3N2O6S/c15-14(16,17)6-2-7-18-12(20)9-3-1-8-19(9)26(23,24)11-5-4-10(25-11)13(21)22/h4-5,9H,1-3,6-8H2,(H,18,20)(H,21,22). The van der Waals surface area contributed by atoms with Crippen molar-refractivity contribution in [3.05, 3.63) is 17.9 Å². The van der Waals surface area contributed by atoms with Crippen molar-refractivity contribution in [1.29, 1.82) is 0 Å². The number of nitrogens with zero attached hydrogens (tertiary/aromatic N) is 1. The highest BCUT2D eigenvalue weighted by Gasteiger charge is 2.41. The maximum absolute atomic E-state index is 12.6. The fraction of sp³-hybridized carbons (Fsp3) is 0.571. The van der Waals surface area contributed by atoms with Gasteiger partial charge in [-0.1, -0.05) is 0 Å². The van der Waals surface area contributed by atoms with Gasteiger partial charge in [0.05, 0.1) is 0 Å². The van der Waals surface area contributed by atoms with Crippen LogP contribution in [0.4, 0.5) is 13.2 Å². The smallest absolute Gasteiger partial charge is 0.389 e. The van der Waals surface area contributed by atoms with E-state index in [1.807, 2.05) is 0 Å². The molecule has 146 valence electrons. The van der Waals surface area contributed by atoms with Crippen LogP contribution in [0, 0.1) is 0 Å². The van der Waals surface area contributed by atoms with Crippen LogP contribution in [-0.2, 0) is 14.8 Å². The van der Waals surface area contributed by atoms with Crippen molar-refractivity contribution < 1.29 is 40.7 Å². The molecule has 8 nitrogen and oxygen atoms in total. The highest BCUT2D eigenvalue weighted by molar-refractivity contribution is 7.89. The van der Waals surface area contributed by atoms with Crippen LogP contribution in [0.2, 0.25) is 0 Å².